The number of allylic oxidation sites excluding steroid dienone is 3. The lowest BCUT2D eigenvalue weighted by Gasteiger charge is -2.29. The minimum Gasteiger partial charge on any atom is -0.340 e. The van der Waals surface area contributed by atoms with Crippen LogP contribution in [0.15, 0.2) is 72.3 Å². The van der Waals surface area contributed by atoms with E-state index in [1.165, 1.54) is 53.1 Å². The zero-order valence-corrected chi connectivity index (χ0v) is 18.8. The fourth-order valence-corrected chi connectivity index (χ4v) is 5.46. The quantitative estimate of drug-likeness (QED) is 0.415. The lowest BCUT2D eigenvalue weighted by molar-refractivity contribution is 0.158. The van der Waals surface area contributed by atoms with Crippen LogP contribution < -0.4 is 5.43 Å². The molecule has 1 atom stereocenters. The molecule has 0 saturated heterocycles. The van der Waals surface area contributed by atoms with Crippen LogP contribution in [0.1, 0.15) is 39.0 Å². The van der Waals surface area contributed by atoms with Crippen molar-refractivity contribution in [3.8, 4) is 0 Å². The van der Waals surface area contributed by atoms with Gasteiger partial charge in [0.25, 0.3) is 0 Å². The van der Waals surface area contributed by atoms with Gasteiger partial charge in [-0.1, -0.05) is 80.0 Å². The van der Waals surface area contributed by atoms with Crippen LogP contribution in [0.5, 0.6) is 0 Å². The highest BCUT2D eigenvalue weighted by Crippen LogP contribution is 2.29. The highest BCUT2D eigenvalue weighted by atomic mass is 15.5. The van der Waals surface area contributed by atoms with E-state index in [0.29, 0.717) is 5.92 Å². The average Bonchev–Trinajstić information content (AvgIpc) is 3.54. The van der Waals surface area contributed by atoms with Crippen molar-refractivity contribution in [3.63, 3.8) is 0 Å². The van der Waals surface area contributed by atoms with Crippen LogP contribution in [0, 0.1) is 11.8 Å². The second kappa shape index (κ2) is 9.42. The Kier molecular flexibility index (Phi) is 6.24. The highest BCUT2D eigenvalue weighted by Gasteiger charge is 2.19. The molecule has 1 heterocycles. The topological polar surface area (TPSA) is 20.2 Å². The Morgan fingerprint density at radius 2 is 1.68 bits per heavy atom. The van der Waals surface area contributed by atoms with E-state index in [9.17, 15) is 0 Å². The molecule has 1 fully saturated rings. The van der Waals surface area contributed by atoms with Gasteiger partial charge in [-0.25, -0.2) is 5.01 Å². The zero-order chi connectivity index (χ0) is 21.0. The van der Waals surface area contributed by atoms with E-state index < -0.39 is 0 Å². The molecule has 162 valence electrons. The Bertz CT molecular complexity index is 1030. The van der Waals surface area contributed by atoms with Crippen molar-refractivity contribution in [1.82, 2.24) is 15.0 Å². The van der Waals surface area contributed by atoms with E-state index in [-0.39, 0.29) is 0 Å². The molecule has 1 aromatic heterocycles. The van der Waals surface area contributed by atoms with Crippen molar-refractivity contribution in [2.45, 2.75) is 45.6 Å². The number of aromatic nitrogens is 1. The number of benzene rings is 2. The van der Waals surface area contributed by atoms with Gasteiger partial charge in [0.05, 0.1) is 0 Å². The summed E-state index contributed by atoms with van der Waals surface area (Å²) in [5.41, 5.74) is 8.05. The Morgan fingerprint density at radius 3 is 2.32 bits per heavy atom. The summed E-state index contributed by atoms with van der Waals surface area (Å²) in [6, 6.07) is 17.7. The smallest absolute Gasteiger partial charge is 0.0491 e. The van der Waals surface area contributed by atoms with Crippen molar-refractivity contribution < 1.29 is 0 Å². The van der Waals surface area contributed by atoms with Gasteiger partial charge in [-0.05, 0) is 43.2 Å². The first-order valence-electron chi connectivity index (χ1n) is 12.1. The van der Waals surface area contributed by atoms with E-state index in [1.54, 1.807) is 0 Å². The summed E-state index contributed by atoms with van der Waals surface area (Å²) in [6.45, 7) is 6.65. The summed E-state index contributed by atoms with van der Waals surface area (Å²) in [5, 5.41) is 5.22. The van der Waals surface area contributed by atoms with Crippen molar-refractivity contribution in [1.29, 1.82) is 0 Å². The molecule has 3 aromatic rings. The molecule has 31 heavy (non-hydrogen) atoms. The van der Waals surface area contributed by atoms with Crippen LogP contribution >= 0.6 is 0 Å². The third-order valence-electron chi connectivity index (χ3n) is 7.03. The van der Waals surface area contributed by atoms with Gasteiger partial charge in [0.1, 0.15) is 0 Å². The maximum Gasteiger partial charge on any atom is 0.0491 e. The standard InChI is InChI=1S/C28H35N3/c1-22(19-30(21-24-12-4-5-13-24)29-18-23-10-2-3-11-23)20-31-27-16-8-6-14-25(27)26-15-7-9-17-28(26)31/h4-9,12,14-17,22-23,29H,2-3,10-11,13,18-21H2,1H3. The maximum absolute atomic E-state index is 3.83. The van der Waals surface area contributed by atoms with E-state index in [4.69, 9.17) is 0 Å². The van der Waals surface area contributed by atoms with Gasteiger partial charge < -0.3 is 4.57 Å². The number of nitrogens with one attached hydrogen (secondary N) is 1. The molecule has 1 N–H and O–H groups in total. The van der Waals surface area contributed by atoms with Gasteiger partial charge >= 0.3 is 0 Å². The monoisotopic (exact) mass is 413 g/mol. The summed E-state index contributed by atoms with van der Waals surface area (Å²) < 4.78 is 2.53. The molecular weight excluding hydrogens is 378 g/mol. The van der Waals surface area contributed by atoms with Crippen LogP contribution in [-0.2, 0) is 6.54 Å². The number of hydrogen-bond acceptors (Lipinski definition) is 2. The molecule has 1 saturated carbocycles. The molecule has 1 unspecified atom stereocenters. The van der Waals surface area contributed by atoms with Crippen molar-refractivity contribution in [3.05, 3.63) is 72.3 Å². The number of hydrogen-bond donors (Lipinski definition) is 1. The first-order chi connectivity index (χ1) is 15.3. The van der Waals surface area contributed by atoms with Crippen LogP contribution in [0.4, 0.5) is 0 Å². The Hall–Kier alpha value is -2.36. The zero-order valence-electron chi connectivity index (χ0n) is 18.8. The number of fused-ring (bicyclic) bond motifs is 3. The molecule has 2 aliphatic rings. The summed E-state index contributed by atoms with van der Waals surface area (Å²) in [6.07, 6.45) is 13.5. The second-order valence-electron chi connectivity index (χ2n) is 9.60. The predicted octanol–water partition coefficient (Wildman–Crippen LogP) is 6.31. The summed E-state index contributed by atoms with van der Waals surface area (Å²) >= 11 is 0. The number of para-hydroxylation sites is 2. The van der Waals surface area contributed by atoms with Gasteiger partial charge in [-0.3, -0.25) is 5.43 Å². The maximum atomic E-state index is 3.83. The SMILES string of the molecule is CC(CN(CC1=CC=CC1)NCC1CCCC1)Cn1c2ccccc2c2ccccc21. The molecule has 0 aliphatic heterocycles. The molecule has 2 aromatic carbocycles. The van der Waals surface area contributed by atoms with Crippen molar-refractivity contribution >= 4 is 21.8 Å². The van der Waals surface area contributed by atoms with Crippen molar-refractivity contribution in [2.75, 3.05) is 19.6 Å². The summed E-state index contributed by atoms with van der Waals surface area (Å²) in [4.78, 5) is 0. The van der Waals surface area contributed by atoms with Crippen molar-refractivity contribution in [2.24, 2.45) is 11.8 Å². The highest BCUT2D eigenvalue weighted by molar-refractivity contribution is 6.07. The number of rotatable bonds is 9. The Balaban J connectivity index is 1.32. The fourth-order valence-electron chi connectivity index (χ4n) is 5.46. The normalized spacial score (nSPS) is 17.9. The van der Waals surface area contributed by atoms with Gasteiger partial charge in [-0.15, -0.1) is 0 Å². The van der Waals surface area contributed by atoms with Crippen LogP contribution in [0.3, 0.4) is 0 Å². The van der Waals surface area contributed by atoms with E-state index in [1.807, 2.05) is 0 Å². The summed E-state index contributed by atoms with van der Waals surface area (Å²) in [7, 11) is 0. The van der Waals surface area contributed by atoms with E-state index in [2.05, 4.69) is 88.7 Å². The predicted molar refractivity (Wildman–Crippen MR) is 132 cm³/mol. The third kappa shape index (κ3) is 4.63. The molecule has 3 heteroatoms. The lowest BCUT2D eigenvalue weighted by atomic mass is 10.1. The molecule has 0 amide bonds. The largest absolute Gasteiger partial charge is 0.340 e. The Labute approximate surface area is 186 Å². The van der Waals surface area contributed by atoms with Crippen LogP contribution in [0.25, 0.3) is 21.8 Å². The minimum absolute atomic E-state index is 0.547. The molecule has 0 bridgehead atoms. The number of nitrogens with zero attached hydrogens (tertiary/aromatic N) is 2. The molecular formula is C28H35N3. The number of hydrazine groups is 1. The average molecular weight is 414 g/mol. The molecule has 0 spiro atoms. The van der Waals surface area contributed by atoms with Gasteiger partial charge in [0.2, 0.25) is 0 Å². The molecule has 3 nitrogen and oxygen atoms in total. The third-order valence-corrected chi connectivity index (χ3v) is 7.03. The first-order valence-corrected chi connectivity index (χ1v) is 12.1. The van der Waals surface area contributed by atoms with E-state index in [0.717, 1.165) is 38.5 Å². The molecule has 5 rings (SSSR count). The first kappa shape index (κ1) is 20.5. The fraction of sp³-hybridized carbons (Fsp3) is 0.429. The molecule has 0 radical (unpaired) electrons. The lowest BCUT2D eigenvalue weighted by Crippen LogP contribution is -2.44. The summed E-state index contributed by atoms with van der Waals surface area (Å²) in [5.74, 6) is 1.40. The second-order valence-corrected chi connectivity index (χ2v) is 9.60. The molecule has 2 aliphatic carbocycles. The van der Waals surface area contributed by atoms with Gasteiger partial charge in [0.15, 0.2) is 0 Å². The van der Waals surface area contributed by atoms with E-state index >= 15 is 0 Å². The van der Waals surface area contributed by atoms with Gasteiger partial charge in [0, 0.05) is 48.0 Å². The Morgan fingerprint density at radius 1 is 1.00 bits per heavy atom. The van der Waals surface area contributed by atoms with Crippen LogP contribution in [-0.4, -0.2) is 29.2 Å². The van der Waals surface area contributed by atoms with Crippen LogP contribution in [0.2, 0.25) is 0 Å². The van der Waals surface area contributed by atoms with Gasteiger partial charge in [-0.2, -0.15) is 0 Å². The minimum atomic E-state index is 0.547.